The van der Waals surface area contributed by atoms with Crippen molar-refractivity contribution in [1.82, 2.24) is 0 Å². The number of carbonyl (C=O) groups excluding carboxylic acids is 1. The lowest BCUT2D eigenvalue weighted by atomic mass is 9.87. The lowest BCUT2D eigenvalue weighted by molar-refractivity contribution is -0.119. The highest BCUT2D eigenvalue weighted by Crippen LogP contribution is 2.22. The third-order valence-electron chi connectivity index (χ3n) is 2.64. The maximum atomic E-state index is 11.9. The molecule has 0 aliphatic carbocycles. The first-order valence-corrected chi connectivity index (χ1v) is 6.33. The molecule has 0 bridgehead atoms. The molecule has 1 rings (SSSR count). The number of hydrogen-bond acceptors (Lipinski definition) is 2. The molecule has 0 spiro atoms. The van der Waals surface area contributed by atoms with Gasteiger partial charge in [0.15, 0.2) is 0 Å². The van der Waals surface area contributed by atoms with Gasteiger partial charge in [0.1, 0.15) is 0 Å². The summed E-state index contributed by atoms with van der Waals surface area (Å²) >= 11 is 3.42. The van der Waals surface area contributed by atoms with E-state index in [4.69, 9.17) is 5.73 Å². The van der Waals surface area contributed by atoms with Crippen molar-refractivity contribution in [2.75, 3.05) is 5.32 Å². The summed E-state index contributed by atoms with van der Waals surface area (Å²) in [5.41, 5.74) is 7.50. The first kappa shape index (κ1) is 17.4. The van der Waals surface area contributed by atoms with Gasteiger partial charge in [-0.1, -0.05) is 36.7 Å². The zero-order valence-corrected chi connectivity index (χ0v) is 13.5. The molecule has 1 amide bonds. The molecule has 18 heavy (non-hydrogen) atoms. The van der Waals surface area contributed by atoms with Gasteiger partial charge in [0.05, 0.1) is 6.04 Å². The Hall–Kier alpha value is -0.580. The normalized spacial score (nSPS) is 12.6. The van der Waals surface area contributed by atoms with Gasteiger partial charge in [-0.05, 0) is 36.1 Å². The molecule has 0 radical (unpaired) electrons. The summed E-state index contributed by atoms with van der Waals surface area (Å²) in [6, 6.07) is 5.15. The number of rotatable bonds is 2. The van der Waals surface area contributed by atoms with Gasteiger partial charge in [0.2, 0.25) is 5.91 Å². The molecule has 0 heterocycles. The Morgan fingerprint density at radius 2 is 1.94 bits per heavy atom. The number of nitrogens with one attached hydrogen (secondary N) is 1. The third-order valence-corrected chi connectivity index (χ3v) is 3.53. The first-order chi connectivity index (χ1) is 7.71. The molecular weight excluding hydrogens is 316 g/mol. The minimum Gasteiger partial charge on any atom is -0.325 e. The molecule has 0 fully saturated rings. The monoisotopic (exact) mass is 334 g/mol. The van der Waals surface area contributed by atoms with E-state index in [2.05, 4.69) is 21.2 Å². The summed E-state index contributed by atoms with van der Waals surface area (Å²) in [6.07, 6.45) is 0. The van der Waals surface area contributed by atoms with E-state index >= 15 is 0 Å². The highest BCUT2D eigenvalue weighted by Gasteiger charge is 2.27. The van der Waals surface area contributed by atoms with Gasteiger partial charge < -0.3 is 11.1 Å². The maximum absolute atomic E-state index is 11.9. The molecule has 102 valence electrons. The van der Waals surface area contributed by atoms with Crippen molar-refractivity contribution in [2.24, 2.45) is 11.1 Å². The van der Waals surface area contributed by atoms with Crippen LogP contribution in [-0.4, -0.2) is 11.9 Å². The van der Waals surface area contributed by atoms with Crippen LogP contribution < -0.4 is 11.1 Å². The number of amides is 1. The molecule has 5 heteroatoms. The van der Waals surface area contributed by atoms with Crippen LogP contribution in [0.25, 0.3) is 0 Å². The number of aryl methyl sites for hydroxylation is 1. The summed E-state index contributed by atoms with van der Waals surface area (Å²) in [6.45, 7) is 7.82. The average Bonchev–Trinajstić information content (AvgIpc) is 2.21. The van der Waals surface area contributed by atoms with Crippen molar-refractivity contribution in [1.29, 1.82) is 0 Å². The minimum absolute atomic E-state index is 0. The largest absolute Gasteiger partial charge is 0.325 e. The Labute approximate surface area is 123 Å². The van der Waals surface area contributed by atoms with E-state index in [9.17, 15) is 4.79 Å². The first-order valence-electron chi connectivity index (χ1n) is 5.54. The second-order valence-corrected chi connectivity index (χ2v) is 6.15. The van der Waals surface area contributed by atoms with E-state index < -0.39 is 6.04 Å². The molecular formula is C13H20BrClN2O. The molecule has 1 aromatic rings. The Morgan fingerprint density at radius 1 is 1.39 bits per heavy atom. The molecule has 0 aromatic heterocycles. The van der Waals surface area contributed by atoms with Gasteiger partial charge in [-0.3, -0.25) is 4.79 Å². The van der Waals surface area contributed by atoms with Crippen LogP contribution in [0.15, 0.2) is 22.7 Å². The number of benzene rings is 1. The summed E-state index contributed by atoms with van der Waals surface area (Å²) < 4.78 is 1.02. The van der Waals surface area contributed by atoms with Crippen molar-refractivity contribution in [3.8, 4) is 0 Å². The van der Waals surface area contributed by atoms with Crippen LogP contribution in [0.1, 0.15) is 26.3 Å². The van der Waals surface area contributed by atoms with Crippen LogP contribution >= 0.6 is 28.3 Å². The molecule has 0 saturated carbocycles. The van der Waals surface area contributed by atoms with Gasteiger partial charge in [-0.2, -0.15) is 0 Å². The summed E-state index contributed by atoms with van der Waals surface area (Å²) in [7, 11) is 0. The molecule has 0 aliphatic rings. The van der Waals surface area contributed by atoms with Crippen LogP contribution in [0, 0.1) is 12.3 Å². The topological polar surface area (TPSA) is 55.1 Å². The van der Waals surface area contributed by atoms with Crippen molar-refractivity contribution < 1.29 is 4.79 Å². The molecule has 3 nitrogen and oxygen atoms in total. The molecule has 3 N–H and O–H groups in total. The highest BCUT2D eigenvalue weighted by molar-refractivity contribution is 9.10. The Morgan fingerprint density at radius 3 is 2.39 bits per heavy atom. The van der Waals surface area contributed by atoms with Crippen molar-refractivity contribution in [3.63, 3.8) is 0 Å². The molecule has 0 saturated heterocycles. The number of nitrogens with two attached hydrogens (primary N) is 1. The predicted octanol–water partition coefficient (Wildman–Crippen LogP) is 3.49. The Balaban J connectivity index is 0.00000289. The number of carbonyl (C=O) groups is 1. The maximum Gasteiger partial charge on any atom is 0.241 e. The molecule has 0 unspecified atom stereocenters. The molecule has 0 aliphatic heterocycles. The van der Waals surface area contributed by atoms with Crippen LogP contribution in [0.5, 0.6) is 0 Å². The van der Waals surface area contributed by atoms with E-state index in [0.29, 0.717) is 0 Å². The van der Waals surface area contributed by atoms with E-state index in [-0.39, 0.29) is 23.7 Å². The predicted molar refractivity (Wildman–Crippen MR) is 82.2 cm³/mol. The SMILES string of the molecule is Cc1cc(NC(=O)[C@@H](N)C(C)(C)C)ccc1Br.Cl. The minimum atomic E-state index is -0.522. The van der Waals surface area contributed by atoms with Gasteiger partial charge in [-0.15, -0.1) is 12.4 Å². The van der Waals surface area contributed by atoms with E-state index in [0.717, 1.165) is 15.7 Å². The summed E-state index contributed by atoms with van der Waals surface area (Å²) in [4.78, 5) is 11.9. The van der Waals surface area contributed by atoms with Crippen LogP contribution in [0.4, 0.5) is 5.69 Å². The van der Waals surface area contributed by atoms with Crippen LogP contribution in [-0.2, 0) is 4.79 Å². The average molecular weight is 336 g/mol. The van der Waals surface area contributed by atoms with Crippen molar-refractivity contribution in [2.45, 2.75) is 33.7 Å². The number of halogens is 2. The molecule has 1 aromatic carbocycles. The standard InChI is InChI=1S/C13H19BrN2O.ClH/c1-8-7-9(5-6-10(8)14)16-12(17)11(15)13(2,3)4;/h5-7,11H,15H2,1-4H3,(H,16,17);1H/t11-;/m1./s1. The quantitative estimate of drug-likeness (QED) is 0.869. The molecule has 1 atom stereocenters. The fourth-order valence-corrected chi connectivity index (χ4v) is 1.58. The van der Waals surface area contributed by atoms with Gasteiger partial charge in [-0.25, -0.2) is 0 Å². The lowest BCUT2D eigenvalue weighted by Crippen LogP contribution is -2.45. The van der Waals surface area contributed by atoms with Gasteiger partial charge in [0.25, 0.3) is 0 Å². The van der Waals surface area contributed by atoms with E-state index in [1.807, 2.05) is 45.9 Å². The number of anilines is 1. The zero-order chi connectivity index (χ0) is 13.2. The van der Waals surface area contributed by atoms with E-state index in [1.165, 1.54) is 0 Å². The summed E-state index contributed by atoms with van der Waals surface area (Å²) in [5.74, 6) is -0.153. The second-order valence-electron chi connectivity index (χ2n) is 5.30. The lowest BCUT2D eigenvalue weighted by Gasteiger charge is -2.25. The third kappa shape index (κ3) is 4.59. The van der Waals surface area contributed by atoms with Gasteiger partial charge in [0, 0.05) is 10.2 Å². The highest BCUT2D eigenvalue weighted by atomic mass is 79.9. The Kier molecular flexibility index (Phi) is 6.34. The van der Waals surface area contributed by atoms with Gasteiger partial charge >= 0.3 is 0 Å². The van der Waals surface area contributed by atoms with Crippen molar-refractivity contribution >= 4 is 39.9 Å². The fourth-order valence-electron chi connectivity index (χ4n) is 1.34. The second kappa shape index (κ2) is 6.55. The zero-order valence-electron chi connectivity index (χ0n) is 11.1. The van der Waals surface area contributed by atoms with Crippen LogP contribution in [0.3, 0.4) is 0 Å². The van der Waals surface area contributed by atoms with Crippen molar-refractivity contribution in [3.05, 3.63) is 28.2 Å². The summed E-state index contributed by atoms with van der Waals surface area (Å²) in [5, 5.41) is 2.83. The van der Waals surface area contributed by atoms with Crippen LogP contribution in [0.2, 0.25) is 0 Å². The fraction of sp³-hybridized carbons (Fsp3) is 0.462. The Bertz CT molecular complexity index is 429. The number of hydrogen-bond donors (Lipinski definition) is 2. The smallest absolute Gasteiger partial charge is 0.241 e. The van der Waals surface area contributed by atoms with E-state index in [1.54, 1.807) is 0 Å².